The monoisotopic (exact) mass is 261 g/mol. The zero-order valence-electron chi connectivity index (χ0n) is 11.0. The summed E-state index contributed by atoms with van der Waals surface area (Å²) in [5, 5.41) is 7.83. The molecule has 0 aliphatic rings. The smallest absolute Gasteiger partial charge is 0.236 e. The highest BCUT2D eigenvalue weighted by Crippen LogP contribution is 2.28. The van der Waals surface area contributed by atoms with Gasteiger partial charge in [-0.1, -0.05) is 13.3 Å². The molecule has 0 fully saturated rings. The molecule has 0 unspecified atom stereocenters. The van der Waals surface area contributed by atoms with E-state index in [2.05, 4.69) is 17.1 Å². The van der Waals surface area contributed by atoms with Crippen LogP contribution in [0, 0.1) is 0 Å². The Morgan fingerprint density at radius 3 is 2.95 bits per heavy atom. The standard InChI is InChI=1S/C13H19N5O/c1-2-3-4-18(8-13(15)19)12-6-11-9(5-10(12)14)7-16-17-11/h5-7H,2-4,8,14H2,1H3,(H2,15,19)(H,16,17). The number of fused-ring (bicyclic) bond motifs is 1. The second kappa shape index (κ2) is 5.60. The third-order valence-corrected chi connectivity index (χ3v) is 3.06. The number of unbranched alkanes of at least 4 members (excludes halogenated alkanes) is 1. The summed E-state index contributed by atoms with van der Waals surface area (Å²) >= 11 is 0. The maximum atomic E-state index is 11.2. The summed E-state index contributed by atoms with van der Waals surface area (Å²) < 4.78 is 0. The number of amides is 1. The van der Waals surface area contributed by atoms with Crippen LogP contribution in [0.3, 0.4) is 0 Å². The van der Waals surface area contributed by atoms with E-state index in [1.807, 2.05) is 17.0 Å². The lowest BCUT2D eigenvalue weighted by Crippen LogP contribution is -2.35. The van der Waals surface area contributed by atoms with Gasteiger partial charge in [-0.2, -0.15) is 5.10 Å². The quantitative estimate of drug-likeness (QED) is 0.681. The molecule has 0 aliphatic heterocycles. The SMILES string of the molecule is CCCCN(CC(N)=O)c1cc2[nH]ncc2cc1N. The van der Waals surface area contributed by atoms with Gasteiger partial charge >= 0.3 is 0 Å². The molecule has 0 saturated heterocycles. The number of primary amides is 1. The number of carbonyl (C=O) groups excluding carboxylic acids is 1. The average molecular weight is 261 g/mol. The van der Waals surface area contributed by atoms with Gasteiger partial charge in [0.2, 0.25) is 5.91 Å². The van der Waals surface area contributed by atoms with Crippen LogP contribution in [-0.4, -0.2) is 29.2 Å². The largest absolute Gasteiger partial charge is 0.397 e. The van der Waals surface area contributed by atoms with E-state index in [0.717, 1.165) is 36.0 Å². The number of hydrogen-bond acceptors (Lipinski definition) is 4. The number of nitrogens with zero attached hydrogens (tertiary/aromatic N) is 2. The first-order valence-electron chi connectivity index (χ1n) is 6.37. The van der Waals surface area contributed by atoms with E-state index in [1.165, 1.54) is 0 Å². The van der Waals surface area contributed by atoms with E-state index in [9.17, 15) is 4.79 Å². The van der Waals surface area contributed by atoms with Gasteiger partial charge in [-0.3, -0.25) is 9.89 Å². The van der Waals surface area contributed by atoms with E-state index in [0.29, 0.717) is 5.69 Å². The molecule has 1 amide bonds. The van der Waals surface area contributed by atoms with Crippen LogP contribution in [0.5, 0.6) is 0 Å². The Kier molecular flexibility index (Phi) is 3.89. The zero-order valence-corrected chi connectivity index (χ0v) is 11.0. The van der Waals surface area contributed by atoms with Gasteiger partial charge < -0.3 is 16.4 Å². The van der Waals surface area contributed by atoms with Crippen molar-refractivity contribution < 1.29 is 4.79 Å². The molecule has 0 atom stereocenters. The minimum absolute atomic E-state index is 0.170. The van der Waals surface area contributed by atoms with Crippen LogP contribution in [0.1, 0.15) is 19.8 Å². The van der Waals surface area contributed by atoms with E-state index >= 15 is 0 Å². The number of carbonyl (C=O) groups is 1. The minimum atomic E-state index is -0.361. The highest BCUT2D eigenvalue weighted by Gasteiger charge is 2.13. The number of H-pyrrole nitrogens is 1. The van der Waals surface area contributed by atoms with Crippen LogP contribution in [0.4, 0.5) is 11.4 Å². The normalized spacial score (nSPS) is 10.8. The number of benzene rings is 1. The fraction of sp³-hybridized carbons (Fsp3) is 0.385. The number of aromatic amines is 1. The Bertz CT molecular complexity index is 577. The minimum Gasteiger partial charge on any atom is -0.397 e. The number of rotatable bonds is 6. The predicted octanol–water partition coefficient (Wildman–Crippen LogP) is 1.24. The molecule has 0 bridgehead atoms. The summed E-state index contributed by atoms with van der Waals surface area (Å²) in [4.78, 5) is 13.1. The lowest BCUT2D eigenvalue weighted by atomic mass is 10.1. The van der Waals surface area contributed by atoms with Crippen molar-refractivity contribution in [3.05, 3.63) is 18.3 Å². The predicted molar refractivity (Wildman–Crippen MR) is 76.8 cm³/mol. The summed E-state index contributed by atoms with van der Waals surface area (Å²) in [5.41, 5.74) is 13.7. The van der Waals surface area contributed by atoms with Gasteiger partial charge in [0.05, 0.1) is 29.6 Å². The first-order valence-corrected chi connectivity index (χ1v) is 6.37. The molecule has 0 saturated carbocycles. The maximum absolute atomic E-state index is 11.2. The fourth-order valence-corrected chi connectivity index (χ4v) is 2.09. The Balaban J connectivity index is 2.35. The fourth-order valence-electron chi connectivity index (χ4n) is 2.09. The molecule has 1 aromatic heterocycles. The number of hydrogen-bond donors (Lipinski definition) is 3. The van der Waals surface area contributed by atoms with Crippen molar-refractivity contribution in [1.82, 2.24) is 10.2 Å². The van der Waals surface area contributed by atoms with Crippen LogP contribution in [0.25, 0.3) is 10.9 Å². The molecule has 6 heteroatoms. The van der Waals surface area contributed by atoms with E-state index < -0.39 is 0 Å². The summed E-state index contributed by atoms with van der Waals surface area (Å²) in [6, 6.07) is 3.77. The molecule has 0 aliphatic carbocycles. The van der Waals surface area contributed by atoms with Gasteiger partial charge in [0.15, 0.2) is 0 Å². The molecule has 0 spiro atoms. The maximum Gasteiger partial charge on any atom is 0.236 e. The summed E-state index contributed by atoms with van der Waals surface area (Å²) in [6.07, 6.45) is 3.75. The number of anilines is 2. The first kappa shape index (κ1) is 13.2. The van der Waals surface area contributed by atoms with Crippen LogP contribution in [0.2, 0.25) is 0 Å². The van der Waals surface area contributed by atoms with Crippen molar-refractivity contribution in [3.8, 4) is 0 Å². The van der Waals surface area contributed by atoms with Gasteiger partial charge in [0.25, 0.3) is 0 Å². The van der Waals surface area contributed by atoms with Crippen molar-refractivity contribution in [2.45, 2.75) is 19.8 Å². The van der Waals surface area contributed by atoms with Crippen molar-refractivity contribution in [3.63, 3.8) is 0 Å². The first-order chi connectivity index (χ1) is 9.11. The van der Waals surface area contributed by atoms with Crippen LogP contribution >= 0.6 is 0 Å². The van der Waals surface area contributed by atoms with Crippen molar-refractivity contribution in [2.24, 2.45) is 5.73 Å². The molecule has 1 heterocycles. The number of nitrogen functional groups attached to an aromatic ring is 1. The third kappa shape index (κ3) is 2.96. The molecule has 2 aromatic rings. The van der Waals surface area contributed by atoms with Crippen LogP contribution in [-0.2, 0) is 4.79 Å². The van der Waals surface area contributed by atoms with Gasteiger partial charge in [0.1, 0.15) is 0 Å². The third-order valence-electron chi connectivity index (χ3n) is 3.06. The molecular weight excluding hydrogens is 242 g/mol. The topological polar surface area (TPSA) is 101 Å². The van der Waals surface area contributed by atoms with E-state index in [-0.39, 0.29) is 12.5 Å². The van der Waals surface area contributed by atoms with Gasteiger partial charge in [0, 0.05) is 11.9 Å². The second-order valence-corrected chi connectivity index (χ2v) is 4.61. The van der Waals surface area contributed by atoms with Gasteiger partial charge in [-0.25, -0.2) is 0 Å². The summed E-state index contributed by atoms with van der Waals surface area (Å²) in [7, 11) is 0. The molecule has 6 nitrogen and oxygen atoms in total. The van der Waals surface area contributed by atoms with Crippen molar-refractivity contribution in [2.75, 3.05) is 23.7 Å². The molecule has 102 valence electrons. The molecule has 0 radical (unpaired) electrons. The van der Waals surface area contributed by atoms with Gasteiger partial charge in [-0.05, 0) is 18.6 Å². The highest BCUT2D eigenvalue weighted by atomic mass is 16.1. The van der Waals surface area contributed by atoms with Crippen molar-refractivity contribution >= 4 is 28.2 Å². The Labute approximate surface area is 111 Å². The summed E-state index contributed by atoms with van der Waals surface area (Å²) in [5.74, 6) is -0.361. The van der Waals surface area contributed by atoms with Crippen LogP contribution < -0.4 is 16.4 Å². The zero-order chi connectivity index (χ0) is 13.8. The van der Waals surface area contributed by atoms with E-state index in [4.69, 9.17) is 11.5 Å². The molecule has 2 rings (SSSR count). The van der Waals surface area contributed by atoms with Crippen molar-refractivity contribution in [1.29, 1.82) is 0 Å². The lowest BCUT2D eigenvalue weighted by molar-refractivity contribution is -0.116. The average Bonchev–Trinajstić information content (AvgIpc) is 2.80. The lowest BCUT2D eigenvalue weighted by Gasteiger charge is -2.24. The number of nitrogens with one attached hydrogen (secondary N) is 1. The second-order valence-electron chi connectivity index (χ2n) is 4.61. The molecule has 1 aromatic carbocycles. The Morgan fingerprint density at radius 1 is 1.47 bits per heavy atom. The molecule has 19 heavy (non-hydrogen) atoms. The Hall–Kier alpha value is -2.24. The van der Waals surface area contributed by atoms with Gasteiger partial charge in [-0.15, -0.1) is 0 Å². The molecule has 5 N–H and O–H groups in total. The number of aromatic nitrogens is 2. The Morgan fingerprint density at radius 2 is 2.26 bits per heavy atom. The highest BCUT2D eigenvalue weighted by molar-refractivity contribution is 5.90. The number of nitrogens with two attached hydrogens (primary N) is 2. The molecular formula is C13H19N5O. The summed E-state index contributed by atoms with van der Waals surface area (Å²) in [6.45, 7) is 3.02. The van der Waals surface area contributed by atoms with Crippen LogP contribution in [0.15, 0.2) is 18.3 Å². The van der Waals surface area contributed by atoms with E-state index in [1.54, 1.807) is 6.20 Å².